The molecular weight excluding hydrogens is 322 g/mol. The summed E-state index contributed by atoms with van der Waals surface area (Å²) in [4.78, 5) is 5.49. The van der Waals surface area contributed by atoms with Crippen molar-refractivity contribution in [3.8, 4) is 0 Å². The third-order valence-corrected chi connectivity index (χ3v) is 6.84. The van der Waals surface area contributed by atoms with E-state index in [0.717, 1.165) is 72.1 Å². The highest BCUT2D eigenvalue weighted by Gasteiger charge is 2.50. The van der Waals surface area contributed by atoms with E-state index in [1.807, 2.05) is 11.3 Å². The fourth-order valence-corrected chi connectivity index (χ4v) is 5.33. The Morgan fingerprint density at radius 2 is 2.17 bits per heavy atom. The van der Waals surface area contributed by atoms with Crippen molar-refractivity contribution in [3.05, 3.63) is 21.9 Å². The van der Waals surface area contributed by atoms with Gasteiger partial charge in [0.15, 0.2) is 0 Å². The van der Waals surface area contributed by atoms with Crippen LogP contribution in [0.5, 0.6) is 0 Å². The van der Waals surface area contributed by atoms with E-state index in [-0.39, 0.29) is 5.41 Å². The van der Waals surface area contributed by atoms with Crippen LogP contribution in [0.1, 0.15) is 22.6 Å². The minimum absolute atomic E-state index is 0.220. The predicted molar refractivity (Wildman–Crippen MR) is 95.4 cm³/mol. The second-order valence-electron chi connectivity index (χ2n) is 7.83. The molecule has 0 unspecified atom stereocenters. The minimum Gasteiger partial charge on any atom is -0.381 e. The van der Waals surface area contributed by atoms with Crippen molar-refractivity contribution >= 4 is 11.3 Å². The quantitative estimate of drug-likeness (QED) is 0.788. The predicted octanol–water partition coefficient (Wildman–Crippen LogP) is 2.95. The maximum absolute atomic E-state index is 6.20. The lowest BCUT2D eigenvalue weighted by Crippen LogP contribution is -2.36. The largest absolute Gasteiger partial charge is 0.381 e. The highest BCUT2D eigenvalue weighted by Crippen LogP contribution is 2.42. The average molecular weight is 352 g/mol. The maximum Gasteiger partial charge on any atom is 0.0561 e. The van der Waals surface area contributed by atoms with Crippen LogP contribution in [0.2, 0.25) is 0 Å². The maximum atomic E-state index is 6.20. The number of hydrogen-bond acceptors (Lipinski definition) is 5. The molecule has 1 aromatic heterocycles. The van der Waals surface area contributed by atoms with E-state index in [4.69, 9.17) is 14.2 Å². The minimum atomic E-state index is 0.220. The molecule has 4 heterocycles. The zero-order valence-corrected chi connectivity index (χ0v) is 15.5. The number of ether oxygens (including phenoxy) is 3. The van der Waals surface area contributed by atoms with Crippen molar-refractivity contribution in [2.24, 2.45) is 17.3 Å². The van der Waals surface area contributed by atoms with Crippen molar-refractivity contribution in [3.63, 3.8) is 0 Å². The van der Waals surface area contributed by atoms with E-state index in [2.05, 4.69) is 24.0 Å². The van der Waals surface area contributed by atoms with Crippen LogP contribution in [0.25, 0.3) is 0 Å². The summed E-state index contributed by atoms with van der Waals surface area (Å²) in [6, 6.07) is 4.51. The Morgan fingerprint density at radius 3 is 2.96 bits per heavy atom. The first-order chi connectivity index (χ1) is 11.7. The Balaban J connectivity index is 1.30. The molecule has 5 heteroatoms. The SMILES string of the molecule is Cc1ccc(CN2C[C@H]3COC[C@@]3(COCC3CCOCC3)C2)s1. The van der Waals surface area contributed by atoms with Crippen LogP contribution < -0.4 is 0 Å². The molecule has 0 amide bonds. The smallest absolute Gasteiger partial charge is 0.0561 e. The molecule has 1 aromatic rings. The summed E-state index contributed by atoms with van der Waals surface area (Å²) in [7, 11) is 0. The van der Waals surface area contributed by atoms with Crippen LogP contribution in [0.15, 0.2) is 12.1 Å². The van der Waals surface area contributed by atoms with Gasteiger partial charge in [-0.1, -0.05) is 0 Å². The molecule has 0 aromatic carbocycles. The van der Waals surface area contributed by atoms with Crippen LogP contribution >= 0.6 is 11.3 Å². The molecule has 3 fully saturated rings. The lowest BCUT2D eigenvalue weighted by atomic mass is 9.82. The Kier molecular flexibility index (Phi) is 5.25. The highest BCUT2D eigenvalue weighted by atomic mass is 32.1. The zero-order chi connectivity index (χ0) is 16.4. The summed E-state index contributed by atoms with van der Waals surface area (Å²) in [6.07, 6.45) is 2.30. The number of fused-ring (bicyclic) bond motifs is 1. The van der Waals surface area contributed by atoms with E-state index < -0.39 is 0 Å². The van der Waals surface area contributed by atoms with Gasteiger partial charge in [-0.3, -0.25) is 4.90 Å². The second-order valence-corrected chi connectivity index (χ2v) is 9.20. The summed E-state index contributed by atoms with van der Waals surface area (Å²) in [5.41, 5.74) is 0.220. The van der Waals surface area contributed by atoms with Gasteiger partial charge in [-0.15, -0.1) is 11.3 Å². The number of likely N-dealkylation sites (tertiary alicyclic amines) is 1. The summed E-state index contributed by atoms with van der Waals surface area (Å²) < 4.78 is 17.5. The molecular formula is C19H29NO3S. The number of nitrogens with zero attached hydrogens (tertiary/aromatic N) is 1. The molecule has 4 rings (SSSR count). The third kappa shape index (κ3) is 3.70. The van der Waals surface area contributed by atoms with E-state index >= 15 is 0 Å². The van der Waals surface area contributed by atoms with Gasteiger partial charge < -0.3 is 14.2 Å². The summed E-state index contributed by atoms with van der Waals surface area (Å²) in [5, 5.41) is 0. The fourth-order valence-electron chi connectivity index (χ4n) is 4.40. The highest BCUT2D eigenvalue weighted by molar-refractivity contribution is 7.11. The van der Waals surface area contributed by atoms with Gasteiger partial charge in [-0.2, -0.15) is 0 Å². The van der Waals surface area contributed by atoms with Crippen molar-refractivity contribution in [2.45, 2.75) is 26.3 Å². The van der Waals surface area contributed by atoms with Gasteiger partial charge in [0.1, 0.15) is 0 Å². The van der Waals surface area contributed by atoms with Crippen molar-refractivity contribution in [2.75, 3.05) is 52.7 Å². The van der Waals surface area contributed by atoms with Crippen LogP contribution in [0.4, 0.5) is 0 Å². The molecule has 0 saturated carbocycles. The first kappa shape index (κ1) is 17.0. The van der Waals surface area contributed by atoms with Crippen LogP contribution in [0.3, 0.4) is 0 Å². The molecule has 134 valence electrons. The van der Waals surface area contributed by atoms with E-state index in [1.54, 1.807) is 0 Å². The number of thiophene rings is 1. The standard InChI is InChI=1S/C19H29NO3S/c1-15-2-3-18(24-15)9-20-8-17-11-23-14-19(17,12-20)13-22-10-16-4-6-21-7-5-16/h2-3,16-17H,4-14H2,1H3/t17-,19-/m0/s1. The molecule has 2 atom stereocenters. The van der Waals surface area contributed by atoms with Gasteiger partial charge in [-0.25, -0.2) is 0 Å². The number of aryl methyl sites for hydroxylation is 1. The van der Waals surface area contributed by atoms with Gasteiger partial charge in [0.2, 0.25) is 0 Å². The lowest BCUT2D eigenvalue weighted by Gasteiger charge is -2.29. The Labute approximate surface area is 149 Å². The molecule has 0 N–H and O–H groups in total. The summed E-state index contributed by atoms with van der Waals surface area (Å²) in [5.74, 6) is 1.32. The molecule has 0 spiro atoms. The van der Waals surface area contributed by atoms with Crippen LogP contribution in [-0.4, -0.2) is 57.6 Å². The van der Waals surface area contributed by atoms with E-state index in [0.29, 0.717) is 11.8 Å². The lowest BCUT2D eigenvalue weighted by molar-refractivity contribution is -0.0156. The van der Waals surface area contributed by atoms with Gasteiger partial charge in [0, 0.05) is 60.5 Å². The summed E-state index contributed by atoms with van der Waals surface area (Å²) >= 11 is 1.92. The van der Waals surface area contributed by atoms with Crippen molar-refractivity contribution < 1.29 is 14.2 Å². The number of hydrogen-bond donors (Lipinski definition) is 0. The monoisotopic (exact) mass is 351 g/mol. The molecule has 0 aliphatic carbocycles. The van der Waals surface area contributed by atoms with Gasteiger partial charge in [0.05, 0.1) is 19.8 Å². The topological polar surface area (TPSA) is 30.9 Å². The van der Waals surface area contributed by atoms with E-state index in [1.165, 1.54) is 9.75 Å². The first-order valence-corrected chi connectivity index (χ1v) is 10.1. The second kappa shape index (κ2) is 7.42. The Morgan fingerprint density at radius 1 is 1.29 bits per heavy atom. The van der Waals surface area contributed by atoms with Crippen LogP contribution in [0, 0.1) is 24.2 Å². The average Bonchev–Trinajstić information content (AvgIpc) is 3.23. The summed E-state index contributed by atoms with van der Waals surface area (Å²) in [6.45, 7) is 10.9. The third-order valence-electron chi connectivity index (χ3n) is 5.85. The number of rotatable bonds is 6. The molecule has 3 aliphatic rings. The first-order valence-electron chi connectivity index (χ1n) is 9.24. The Hall–Kier alpha value is -0.460. The van der Waals surface area contributed by atoms with Gasteiger partial charge in [0.25, 0.3) is 0 Å². The Bertz CT molecular complexity index is 542. The van der Waals surface area contributed by atoms with Gasteiger partial charge in [-0.05, 0) is 37.8 Å². The fraction of sp³-hybridized carbons (Fsp3) is 0.789. The van der Waals surface area contributed by atoms with Gasteiger partial charge >= 0.3 is 0 Å². The zero-order valence-electron chi connectivity index (χ0n) is 14.7. The molecule has 3 saturated heterocycles. The molecule has 0 radical (unpaired) electrons. The van der Waals surface area contributed by atoms with Crippen LogP contribution in [-0.2, 0) is 20.8 Å². The van der Waals surface area contributed by atoms with Crippen molar-refractivity contribution in [1.82, 2.24) is 4.90 Å². The molecule has 4 nitrogen and oxygen atoms in total. The molecule has 0 bridgehead atoms. The molecule has 24 heavy (non-hydrogen) atoms. The van der Waals surface area contributed by atoms with Crippen molar-refractivity contribution in [1.29, 1.82) is 0 Å². The van der Waals surface area contributed by atoms with E-state index in [9.17, 15) is 0 Å². The molecule has 3 aliphatic heterocycles. The normalized spacial score (nSPS) is 31.6.